The first kappa shape index (κ1) is 59.4. The van der Waals surface area contributed by atoms with Crippen LogP contribution in [0.5, 0.6) is 0 Å². The Hall–Kier alpha value is -7.16. The van der Waals surface area contributed by atoms with Crippen molar-refractivity contribution in [2.75, 3.05) is 6.54 Å². The van der Waals surface area contributed by atoms with Crippen LogP contribution in [0.4, 0.5) is 0 Å². The maximum Gasteiger partial charge on any atom is 0.329 e. The molecule has 0 aliphatic rings. The first-order chi connectivity index (χ1) is 35.2. The molecule has 0 aliphatic carbocycles. The molecule has 0 heterocycles. The van der Waals surface area contributed by atoms with Gasteiger partial charge in [0.15, 0.2) is 0 Å². The fourth-order valence-corrected chi connectivity index (χ4v) is 8.34. The van der Waals surface area contributed by atoms with Crippen LogP contribution in [0.2, 0.25) is 0 Å². The zero-order valence-corrected chi connectivity index (χ0v) is 44.0. The van der Waals surface area contributed by atoms with Crippen LogP contribution in [-0.4, -0.2) is 98.8 Å². The zero-order valence-electron chi connectivity index (χ0n) is 43.2. The molecule has 0 saturated heterocycles. The van der Waals surface area contributed by atoms with Gasteiger partial charge in [-0.2, -0.15) is 0 Å². The molecule has 0 bridgehead atoms. The Labute approximate surface area is 434 Å². The molecule has 0 aromatic heterocycles. The van der Waals surface area contributed by atoms with Crippen molar-refractivity contribution in [1.82, 2.24) is 31.3 Å². The highest BCUT2D eigenvalue weighted by Crippen LogP contribution is 2.16. The molecule has 19 nitrogen and oxygen atoms in total. The Kier molecular flexibility index (Phi) is 23.7. The van der Waals surface area contributed by atoms with E-state index < -0.39 is 93.8 Å². The monoisotopic (exact) mass is 1040 g/mol. The predicted octanol–water partition coefficient (Wildman–Crippen LogP) is 3.43. The Bertz CT molecular complexity index is 2590. The number of aryl methyl sites for hydroxylation is 1. The number of ether oxygens (including phenoxy) is 2. The van der Waals surface area contributed by atoms with Gasteiger partial charge in [-0.05, 0) is 74.3 Å². The standard InChI is InChI=1S/C54H73N9O10S/c1-8-36(5)46(53(69)73-33-41-23-16-11-17-24-41)61-52(68)47(38(7)72-32-40-21-14-10-15-22-40)62-51(67)45(34(2)3)60-50(66)44(31-39-19-12-9-13-20-39)59-48(64)37(6)58-49(65)43(55)25-18-30-57-54(56)63-74(70,71)42-28-26-35(4)27-29-42/h9-17,19-24,26-29,34,36-38,43-47H,8,18,25,30-33,55H2,1-7H3,(H,58,65)(H,59,64)(H,60,66)(H,61,68)(H,62,67)(H3,56,57,63)/t36-,37-,38+,43-,44-,45-,46-,47-/m0/s1. The van der Waals surface area contributed by atoms with Crippen molar-refractivity contribution in [2.45, 2.75) is 135 Å². The van der Waals surface area contributed by atoms with E-state index in [1.807, 2.05) is 74.5 Å². The first-order valence-electron chi connectivity index (χ1n) is 24.8. The number of benzene rings is 4. The summed E-state index contributed by atoms with van der Waals surface area (Å²) < 4.78 is 39.3. The van der Waals surface area contributed by atoms with Crippen LogP contribution in [0.15, 0.2) is 125 Å². The lowest BCUT2D eigenvalue weighted by molar-refractivity contribution is -0.151. The van der Waals surface area contributed by atoms with Crippen molar-refractivity contribution in [3.05, 3.63) is 138 Å². The van der Waals surface area contributed by atoms with E-state index in [-0.39, 0.29) is 55.8 Å². The molecule has 0 spiro atoms. The quantitative estimate of drug-likeness (QED) is 0.0176. The molecule has 5 amide bonds. The summed E-state index contributed by atoms with van der Waals surface area (Å²) in [7, 11) is -3.95. The van der Waals surface area contributed by atoms with Gasteiger partial charge in [0.2, 0.25) is 35.5 Å². The van der Waals surface area contributed by atoms with Gasteiger partial charge in [-0.25, -0.2) is 17.9 Å². The van der Waals surface area contributed by atoms with Gasteiger partial charge in [0.25, 0.3) is 10.0 Å². The van der Waals surface area contributed by atoms with E-state index in [0.29, 0.717) is 12.0 Å². The van der Waals surface area contributed by atoms with Crippen LogP contribution < -0.4 is 42.8 Å². The number of hydrogen-bond donors (Lipinski definition) is 8. The molecule has 0 unspecified atom stereocenters. The normalized spacial score (nSPS) is 14.9. The molecular formula is C54H73N9O10S. The van der Waals surface area contributed by atoms with Crippen molar-refractivity contribution in [3.63, 3.8) is 0 Å². The predicted molar refractivity (Wildman–Crippen MR) is 282 cm³/mol. The number of nitrogens with two attached hydrogens (primary N) is 2. The third kappa shape index (κ3) is 19.4. The van der Waals surface area contributed by atoms with E-state index in [0.717, 1.165) is 16.7 Å². The molecule has 0 radical (unpaired) electrons. The van der Waals surface area contributed by atoms with Crippen LogP contribution in [0.3, 0.4) is 0 Å². The molecule has 0 aliphatic heterocycles. The molecule has 400 valence electrons. The highest BCUT2D eigenvalue weighted by atomic mass is 32.2. The summed E-state index contributed by atoms with van der Waals surface area (Å²) in [6, 6.07) is 26.3. The second kappa shape index (κ2) is 29.5. The summed E-state index contributed by atoms with van der Waals surface area (Å²) in [5.74, 6) is -5.42. The molecule has 4 aromatic rings. The van der Waals surface area contributed by atoms with Crippen molar-refractivity contribution >= 4 is 51.5 Å². The maximum absolute atomic E-state index is 14.4. The number of hydrogen-bond acceptors (Lipinski definition) is 12. The number of amides is 5. The smallest absolute Gasteiger partial charge is 0.329 e. The number of nitrogens with one attached hydrogen (secondary N) is 6. The van der Waals surface area contributed by atoms with Crippen LogP contribution in [0.25, 0.3) is 0 Å². The second-order valence-corrected chi connectivity index (χ2v) is 20.3. The molecule has 4 rings (SSSR count). The van der Waals surface area contributed by atoms with Crippen molar-refractivity contribution in [3.8, 4) is 0 Å². The Morgan fingerprint density at radius 3 is 1.72 bits per heavy atom. The van der Waals surface area contributed by atoms with E-state index in [2.05, 4.69) is 36.3 Å². The minimum atomic E-state index is -3.95. The molecule has 4 aromatic carbocycles. The molecule has 0 fully saturated rings. The highest BCUT2D eigenvalue weighted by molar-refractivity contribution is 7.90. The van der Waals surface area contributed by atoms with Crippen molar-refractivity contribution in [1.29, 1.82) is 0 Å². The average molecular weight is 1040 g/mol. The third-order valence-corrected chi connectivity index (χ3v) is 13.5. The van der Waals surface area contributed by atoms with Gasteiger partial charge in [0, 0.05) is 13.0 Å². The summed E-state index contributed by atoms with van der Waals surface area (Å²) in [6.07, 6.45) is -0.0644. The highest BCUT2D eigenvalue weighted by Gasteiger charge is 2.37. The number of nitrogens with zero attached hydrogens (tertiary/aromatic N) is 1. The Balaban J connectivity index is 1.44. The lowest BCUT2D eigenvalue weighted by Gasteiger charge is -2.31. The Morgan fingerprint density at radius 1 is 0.622 bits per heavy atom. The van der Waals surface area contributed by atoms with Gasteiger partial charge in [-0.1, -0.05) is 143 Å². The number of rotatable bonds is 28. The molecule has 74 heavy (non-hydrogen) atoms. The second-order valence-electron chi connectivity index (χ2n) is 18.6. The fraction of sp³-hybridized carbons (Fsp3) is 0.426. The number of esters is 1. The van der Waals surface area contributed by atoms with Gasteiger partial charge in [0.05, 0.1) is 23.6 Å². The lowest BCUT2D eigenvalue weighted by Crippen LogP contribution is -2.62. The van der Waals surface area contributed by atoms with Crippen LogP contribution in [-0.2, 0) is 67.9 Å². The summed E-state index contributed by atoms with van der Waals surface area (Å²) >= 11 is 0. The maximum atomic E-state index is 14.4. The summed E-state index contributed by atoms with van der Waals surface area (Å²) in [5.41, 5.74) is 15.1. The fourth-order valence-electron chi connectivity index (χ4n) is 7.39. The number of carbonyl (C=O) groups is 6. The summed E-state index contributed by atoms with van der Waals surface area (Å²) in [4.78, 5) is 87.4. The molecule has 20 heteroatoms. The van der Waals surface area contributed by atoms with Crippen LogP contribution >= 0.6 is 0 Å². The van der Waals surface area contributed by atoms with Gasteiger partial charge >= 0.3 is 5.97 Å². The van der Waals surface area contributed by atoms with E-state index >= 15 is 0 Å². The number of sulfonamides is 1. The number of aliphatic imine (C=N–C) groups is 1. The SMILES string of the molecule is CC[C@H](C)[C@H](NC(=O)[C@@H](NC(=O)[C@@H](NC(=O)[C@H](Cc1ccccc1)NC(=O)[C@H](C)NC(=O)[C@@H](N)CCCN=C(N)NS(=O)(=O)c1ccc(C)cc1)C(C)C)[C@@H](C)OCc1ccccc1)C(=O)OCc1ccccc1. The van der Waals surface area contributed by atoms with Gasteiger partial charge in [-0.15, -0.1) is 0 Å². The topological polar surface area (TPSA) is 292 Å². The summed E-state index contributed by atoms with van der Waals surface area (Å²) in [5, 5.41) is 13.7. The largest absolute Gasteiger partial charge is 0.459 e. The number of guanidine groups is 1. The van der Waals surface area contributed by atoms with E-state index in [4.69, 9.17) is 20.9 Å². The molecule has 8 atom stereocenters. The van der Waals surface area contributed by atoms with Gasteiger partial charge < -0.3 is 47.5 Å². The molecular weight excluding hydrogens is 967 g/mol. The van der Waals surface area contributed by atoms with Gasteiger partial charge in [-0.3, -0.25) is 29.0 Å². The Morgan fingerprint density at radius 2 is 1.15 bits per heavy atom. The molecule has 10 N–H and O–H groups in total. The van der Waals surface area contributed by atoms with E-state index in [1.54, 1.807) is 70.2 Å². The first-order valence-corrected chi connectivity index (χ1v) is 26.2. The minimum absolute atomic E-state index is 0.00260. The van der Waals surface area contributed by atoms with Gasteiger partial charge in [0.1, 0.15) is 36.8 Å². The van der Waals surface area contributed by atoms with E-state index in [9.17, 15) is 37.2 Å². The van der Waals surface area contributed by atoms with E-state index in [1.165, 1.54) is 19.1 Å². The van der Waals surface area contributed by atoms with Crippen LogP contribution in [0.1, 0.15) is 83.1 Å². The van der Waals surface area contributed by atoms with Crippen LogP contribution in [0, 0.1) is 18.8 Å². The molecule has 0 saturated carbocycles. The number of carbonyl (C=O) groups excluding carboxylic acids is 6. The van der Waals surface area contributed by atoms with Crippen molar-refractivity contribution < 1.29 is 46.7 Å². The zero-order chi connectivity index (χ0) is 54.4. The third-order valence-electron chi connectivity index (χ3n) is 12.2. The lowest BCUT2D eigenvalue weighted by atomic mass is 9.97. The average Bonchev–Trinajstić information content (AvgIpc) is 3.38. The minimum Gasteiger partial charge on any atom is -0.459 e. The summed E-state index contributed by atoms with van der Waals surface area (Å²) in [6.45, 7) is 12.1. The van der Waals surface area contributed by atoms with Crippen molar-refractivity contribution in [2.24, 2.45) is 28.3 Å².